The second-order valence-electron chi connectivity index (χ2n) is 28.2. The lowest BCUT2D eigenvalue weighted by atomic mass is 9.96. The Kier molecular flexibility index (Phi) is 26.9. The molecule has 15 rings (SSSR count). The molecule has 10 aromatic rings. The highest BCUT2D eigenvalue weighted by Gasteiger charge is 2.62. The van der Waals surface area contributed by atoms with Gasteiger partial charge in [-0.05, 0) is 82.2 Å². The van der Waals surface area contributed by atoms with Gasteiger partial charge in [-0.25, -0.2) is 34.3 Å². The predicted molar refractivity (Wildman–Crippen MR) is 437 cm³/mol. The summed E-state index contributed by atoms with van der Waals surface area (Å²) in [5.41, 5.74) is 23.2. The number of hydrogen-bond acceptors (Lipinski definition) is 32. The van der Waals surface area contributed by atoms with Crippen molar-refractivity contribution in [3.05, 3.63) is 91.0 Å². The molecular weight excluding hydrogens is 1700 g/mol. The number of ether oxygens (including phenoxy) is 5. The van der Waals surface area contributed by atoms with Crippen LogP contribution in [-0.4, -0.2) is 255 Å². The van der Waals surface area contributed by atoms with E-state index in [1.54, 1.807) is 51.4 Å². The molecule has 5 aliphatic heterocycles. The minimum absolute atomic E-state index is 0.0186. The number of alkyl halides is 5. The predicted octanol–water partition coefficient (Wildman–Crippen LogP) is 0.860. The average Bonchev–Trinajstić information content (AvgIpc) is 1.61. The Morgan fingerprint density at radius 1 is 0.467 bits per heavy atom. The number of aliphatic hydroxyl groups excluding tert-OH is 10. The standard InChI is InChI=1S/C16H17ClFN3O4.C15H17ClN4O4.C14H16ClN5O4.C14H16ClN5O3S.C14H16ClN5O3/c1-4-5-16(17)12(23)11(7(2)22)25-15(16)21-6-9(18)10-13(21)19-8(3)20-14(10)24;1-3-5-15(16)10(22)9(7(2)21)24-13(15)20-6-4-8-11(20)18-14(17)19-12(8)23;1-3-4-14(15)9(22)8(6(2)21)24-12(14)20-5-17-7-10(20)18-13(16)19-11(7)23;1-3-4-14(15)9(22)8(6(2)21)23-12(14)20-5-17-7-10(20)18-13(16)19-11(7)24;1-3-4-14(15)10(22)9(7(2)21)23-12(14)20-6-18-8-5-17-13(16)19-11(8)20/h6-7,11-12,15,22-23H,1-3H3,(H,19,20,24);4,6-7,9-10,13,21-22H,1-2H3,(H3,17,18,19,23);5-6,8-9,12,21-22H,1-2H3,(H3,16,18,19,23);5-6,8-9,12,21-22H,1-2H3,(H3,16,18,19,24);5-7,9-10,12,21-22H,1-2H3,(H2,16,17,19)/t7-,11-,12+,15-,16?;7-,9-,10+,13-,15?;2*6-,8-,9+,12-,14?;7-,9-,10+,12-,14?/m11111/s1. The third kappa shape index (κ3) is 16.4. The van der Waals surface area contributed by atoms with E-state index in [0.717, 1.165) is 6.20 Å². The maximum Gasteiger partial charge on any atom is 0.280 e. The molecule has 15 heterocycles. The Morgan fingerprint density at radius 3 is 1.28 bits per heavy atom. The molecule has 120 heavy (non-hydrogen) atoms. The molecule has 0 bridgehead atoms. The Hall–Kier alpha value is -9.71. The number of halogens is 6. The Labute approximate surface area is 708 Å². The van der Waals surface area contributed by atoms with Crippen molar-refractivity contribution in [1.29, 1.82) is 0 Å². The van der Waals surface area contributed by atoms with Crippen molar-refractivity contribution in [2.24, 2.45) is 0 Å². The Balaban J connectivity index is 0.000000147. The smallest absolute Gasteiger partial charge is 0.280 e. The highest BCUT2D eigenvalue weighted by molar-refractivity contribution is 7.71. The van der Waals surface area contributed by atoms with E-state index in [1.807, 2.05) is 0 Å². The van der Waals surface area contributed by atoms with E-state index >= 15 is 0 Å². The number of anilines is 4. The van der Waals surface area contributed by atoms with Crippen LogP contribution in [0.15, 0.2) is 58.0 Å². The quantitative estimate of drug-likeness (QED) is 0.0513. The van der Waals surface area contributed by atoms with Gasteiger partial charge in [0.05, 0.1) is 61.1 Å². The number of aryl methyl sites for hydroxylation is 1. The first-order valence-corrected chi connectivity index (χ1v) is 38.5. The fourth-order valence-electron chi connectivity index (χ4n) is 14.3. The van der Waals surface area contributed by atoms with Gasteiger partial charge in [-0.15, -0.1) is 29.6 Å². The number of nitrogens with zero attached hydrogens (tertiary/aromatic N) is 14. The number of aromatic amines is 4. The number of nitrogens with two attached hydrogens (primary N) is 4. The first-order valence-electron chi connectivity index (χ1n) is 36.2. The zero-order valence-electron chi connectivity index (χ0n) is 65.1. The summed E-state index contributed by atoms with van der Waals surface area (Å²) in [5, 5.41) is 102. The second-order valence-corrected chi connectivity index (χ2v) is 31.7. The number of H-pyrrole nitrogens is 4. The van der Waals surface area contributed by atoms with Gasteiger partial charge in [0.2, 0.25) is 17.8 Å². The van der Waals surface area contributed by atoms with E-state index in [-0.39, 0.29) is 62.1 Å². The maximum absolute atomic E-state index is 14.3. The molecule has 0 saturated carbocycles. The maximum atomic E-state index is 14.3. The Morgan fingerprint density at radius 2 is 0.842 bits per heavy atom. The molecule has 5 saturated heterocycles. The number of fused-ring (bicyclic) bond motifs is 5. The van der Waals surface area contributed by atoms with Gasteiger partial charge >= 0.3 is 0 Å². The lowest BCUT2D eigenvalue weighted by Crippen LogP contribution is -2.43. The van der Waals surface area contributed by atoms with E-state index in [9.17, 15) is 69.8 Å². The molecule has 40 nitrogen and oxygen atoms in total. The molecule has 10 aromatic heterocycles. The summed E-state index contributed by atoms with van der Waals surface area (Å²) in [6.07, 6.45) is -12.5. The monoisotopic (exact) mass is 1780 g/mol. The molecule has 640 valence electrons. The summed E-state index contributed by atoms with van der Waals surface area (Å²) in [5.74, 6) is 26.6. The molecule has 0 radical (unpaired) electrons. The number of hydrogen-bond donors (Lipinski definition) is 18. The molecule has 0 aromatic carbocycles. The molecule has 5 unspecified atom stereocenters. The largest absolute Gasteiger partial charge is 0.391 e. The fraction of sp³-hybridized carbons (Fsp3) is 0.493. The van der Waals surface area contributed by atoms with Crippen LogP contribution in [0.5, 0.6) is 0 Å². The van der Waals surface area contributed by atoms with Gasteiger partial charge in [0.25, 0.3) is 16.7 Å². The summed E-state index contributed by atoms with van der Waals surface area (Å²) in [7, 11) is 0. The number of rotatable bonds is 10. The zero-order valence-corrected chi connectivity index (χ0v) is 69.7. The van der Waals surface area contributed by atoms with E-state index in [1.165, 1.54) is 85.0 Å². The number of nitrogens with one attached hydrogen (secondary N) is 4. The van der Waals surface area contributed by atoms with E-state index in [4.69, 9.17) is 117 Å². The third-order valence-electron chi connectivity index (χ3n) is 19.8. The number of aromatic nitrogens is 18. The average molecular weight is 1780 g/mol. The van der Waals surface area contributed by atoms with Crippen LogP contribution < -0.4 is 39.6 Å². The van der Waals surface area contributed by atoms with Gasteiger partial charge < -0.3 is 112 Å². The van der Waals surface area contributed by atoms with Crippen LogP contribution in [0.1, 0.15) is 106 Å². The summed E-state index contributed by atoms with van der Waals surface area (Å²) in [4.78, 5) is 75.0. The summed E-state index contributed by atoms with van der Waals surface area (Å²) >= 11 is 38.0. The first kappa shape index (κ1) is 91.0. The minimum atomic E-state index is -1.65. The molecule has 5 fully saturated rings. The topological polar surface area (TPSA) is 608 Å². The van der Waals surface area contributed by atoms with E-state index in [2.05, 4.69) is 124 Å². The third-order valence-corrected chi connectivity index (χ3v) is 22.6. The first-order chi connectivity index (χ1) is 56.5. The van der Waals surface area contributed by atoms with Crippen molar-refractivity contribution >= 4 is 150 Å². The van der Waals surface area contributed by atoms with Gasteiger partial charge in [0.15, 0.2) is 100 Å². The van der Waals surface area contributed by atoms with Crippen molar-refractivity contribution in [1.82, 2.24) is 87.6 Å². The van der Waals surface area contributed by atoms with Gasteiger partial charge in [-0.2, -0.15) is 15.0 Å². The van der Waals surface area contributed by atoms with Crippen molar-refractivity contribution in [2.75, 3.05) is 22.9 Å². The molecule has 22 N–H and O–H groups in total. The van der Waals surface area contributed by atoms with Gasteiger partial charge in [0, 0.05) is 12.4 Å². The molecule has 0 amide bonds. The highest BCUT2D eigenvalue weighted by atomic mass is 35.5. The van der Waals surface area contributed by atoms with Crippen LogP contribution in [0.3, 0.4) is 0 Å². The minimum Gasteiger partial charge on any atom is -0.391 e. The van der Waals surface area contributed by atoms with Crippen LogP contribution in [0.4, 0.5) is 28.2 Å². The molecule has 47 heteroatoms. The van der Waals surface area contributed by atoms with Gasteiger partial charge in [-0.1, -0.05) is 99.8 Å². The van der Waals surface area contributed by atoms with Crippen LogP contribution in [0.25, 0.3) is 55.6 Å². The molecular formula is C73H82Cl5FN22O18S. The molecule has 25 atom stereocenters. The van der Waals surface area contributed by atoms with Crippen molar-refractivity contribution < 1.29 is 79.1 Å². The number of aliphatic hydroxyl groups is 10. The summed E-state index contributed by atoms with van der Waals surface area (Å²) in [6.45, 7) is 16.9. The van der Waals surface area contributed by atoms with Crippen LogP contribution >= 0.6 is 70.2 Å². The van der Waals surface area contributed by atoms with Gasteiger partial charge in [0.1, 0.15) is 88.9 Å². The lowest BCUT2D eigenvalue weighted by molar-refractivity contribution is -0.0752. The van der Waals surface area contributed by atoms with E-state index < -0.39 is 170 Å². The lowest BCUT2D eigenvalue weighted by Gasteiger charge is -2.26. The summed E-state index contributed by atoms with van der Waals surface area (Å²) < 4.78 is 50.5. The molecule has 0 spiro atoms. The highest BCUT2D eigenvalue weighted by Crippen LogP contribution is 2.50. The number of nitrogen functional groups attached to an aromatic ring is 4. The zero-order chi connectivity index (χ0) is 88.2. The fourth-order valence-corrected chi connectivity index (χ4v) is 16.4. The van der Waals surface area contributed by atoms with Crippen molar-refractivity contribution in [3.63, 3.8) is 0 Å². The van der Waals surface area contributed by atoms with Crippen LogP contribution in [0, 0.1) is 76.6 Å². The SMILES string of the molecule is CC#CC1(Cl)[C@@H](O)[C@@H]([C@@H](C)O)O[C@H]1n1cc(F)c2c(=O)[nH]c(C)nc21.CC#CC1(Cl)[C@@H](O)[C@@H]([C@@H](C)O)O[C@H]1n1ccc2c(=O)[nH]c(N)nc21.CC#CC1(Cl)[C@@H](O)[C@@H]([C@@H](C)O)O[C@H]1n1cnc2c(=O)[nH]c(N)nc21.CC#CC1(Cl)[C@@H](O)[C@@H]([C@@H](C)O)O[C@H]1n1cnc2c(=S)nc(N)[nH]c21.CC#CC1(Cl)[C@@H](O)[C@@H]([C@@H](C)O)O[C@H]1n1cnc2cnc(N)nc21. The molecule has 5 aliphatic rings. The van der Waals surface area contributed by atoms with Gasteiger partial charge in [-0.3, -0.25) is 42.6 Å². The number of imidazole rings is 3. The van der Waals surface area contributed by atoms with Crippen molar-refractivity contribution in [3.8, 4) is 59.2 Å². The van der Waals surface area contributed by atoms with Crippen molar-refractivity contribution in [2.45, 2.75) is 223 Å². The molecule has 0 aliphatic carbocycles. The van der Waals surface area contributed by atoms with E-state index in [0.29, 0.717) is 27.7 Å². The normalized spacial score (nSPS) is 31.0. The van der Waals surface area contributed by atoms with Crippen LogP contribution in [0.2, 0.25) is 0 Å². The second kappa shape index (κ2) is 35.4. The van der Waals surface area contributed by atoms with Crippen LogP contribution in [-0.2, 0) is 23.7 Å². The Bertz CT molecular complexity index is 5790. The summed E-state index contributed by atoms with van der Waals surface area (Å²) in [6, 6.07) is 1.54.